The second-order valence-corrected chi connectivity index (χ2v) is 7.63. The van der Waals surface area contributed by atoms with Crippen LogP contribution >= 0.6 is 0 Å². The summed E-state index contributed by atoms with van der Waals surface area (Å²) in [5.41, 5.74) is 0.218. The predicted octanol–water partition coefficient (Wildman–Crippen LogP) is 1.30. The first-order valence-corrected chi connectivity index (χ1v) is 9.06. The summed E-state index contributed by atoms with van der Waals surface area (Å²) in [5.74, 6) is -5.16. The normalized spacial score (nSPS) is 30.0. The fraction of sp³-hybridized carbons (Fsp3) is 0.474. The Kier molecular flexibility index (Phi) is 4.10. The van der Waals surface area contributed by atoms with Crippen molar-refractivity contribution in [2.24, 2.45) is 0 Å². The number of fused-ring (bicyclic) bond motifs is 2. The smallest absolute Gasteiger partial charge is 0.313 e. The van der Waals surface area contributed by atoms with E-state index in [0.29, 0.717) is 11.3 Å². The molecular weight excluding hydrogens is 370 g/mol. The molecule has 28 heavy (non-hydrogen) atoms. The zero-order chi connectivity index (χ0) is 20.1. The maximum Gasteiger partial charge on any atom is 0.313 e. The van der Waals surface area contributed by atoms with Gasteiger partial charge in [0.15, 0.2) is 0 Å². The topological polar surface area (TPSA) is 102 Å². The van der Waals surface area contributed by atoms with Crippen molar-refractivity contribution in [3.63, 3.8) is 0 Å². The van der Waals surface area contributed by atoms with Gasteiger partial charge in [0.05, 0.1) is 11.5 Å². The van der Waals surface area contributed by atoms with E-state index < -0.39 is 41.7 Å². The molecule has 9 heteroatoms. The van der Waals surface area contributed by atoms with E-state index in [1.165, 1.54) is 0 Å². The van der Waals surface area contributed by atoms with E-state index in [2.05, 4.69) is 10.6 Å². The molecule has 7 nitrogen and oxygen atoms in total. The molecule has 1 aromatic rings. The first-order valence-electron chi connectivity index (χ1n) is 9.06. The highest BCUT2D eigenvalue weighted by molar-refractivity contribution is 6.35. The minimum absolute atomic E-state index is 0.0763. The number of alkyl halides is 2. The van der Waals surface area contributed by atoms with E-state index >= 15 is 0 Å². The summed E-state index contributed by atoms with van der Waals surface area (Å²) < 4.78 is 26.6. The Morgan fingerprint density at radius 2 is 2.04 bits per heavy atom. The van der Waals surface area contributed by atoms with E-state index in [0.717, 1.165) is 4.90 Å². The number of anilines is 1. The molecule has 3 amide bonds. The number of hydrogen-bond donors (Lipinski definition) is 2. The fourth-order valence-electron chi connectivity index (χ4n) is 4.42. The van der Waals surface area contributed by atoms with Crippen LogP contribution < -0.4 is 10.6 Å². The number of hydrogen-bond acceptors (Lipinski definition) is 4. The van der Waals surface area contributed by atoms with Crippen LogP contribution in [0.5, 0.6) is 0 Å². The molecule has 2 fully saturated rings. The maximum absolute atomic E-state index is 13.3. The number of carbonyl (C=O) groups excluding carboxylic acids is 3. The van der Waals surface area contributed by atoms with Gasteiger partial charge in [0.25, 0.3) is 0 Å². The Bertz CT molecular complexity index is 913. The van der Waals surface area contributed by atoms with Gasteiger partial charge in [0.1, 0.15) is 6.04 Å². The van der Waals surface area contributed by atoms with Gasteiger partial charge in [-0.3, -0.25) is 14.4 Å². The molecule has 2 N–H and O–H groups in total. The Balaban J connectivity index is 1.54. The average molecular weight is 388 g/mol. The van der Waals surface area contributed by atoms with Gasteiger partial charge in [-0.15, -0.1) is 0 Å². The van der Waals surface area contributed by atoms with Crippen LogP contribution in [0.1, 0.15) is 31.2 Å². The predicted molar refractivity (Wildman–Crippen MR) is 93.2 cm³/mol. The minimum atomic E-state index is -2.85. The molecular formula is C19H18F2N4O3. The Labute approximate surface area is 159 Å². The molecule has 0 unspecified atom stereocenters. The van der Waals surface area contributed by atoms with Crippen molar-refractivity contribution < 1.29 is 23.2 Å². The van der Waals surface area contributed by atoms with Gasteiger partial charge in [-0.05, 0) is 18.1 Å². The second kappa shape index (κ2) is 6.26. The average Bonchev–Trinajstić information content (AvgIpc) is 3.29. The van der Waals surface area contributed by atoms with E-state index in [1.54, 1.807) is 24.3 Å². The molecule has 1 spiro atoms. The lowest BCUT2D eigenvalue weighted by molar-refractivity contribution is -0.146. The van der Waals surface area contributed by atoms with Crippen molar-refractivity contribution in [1.29, 1.82) is 5.26 Å². The van der Waals surface area contributed by atoms with Gasteiger partial charge in [0, 0.05) is 37.5 Å². The molecule has 2 heterocycles. The number of likely N-dealkylation sites (tertiary alicyclic amines) is 1. The van der Waals surface area contributed by atoms with Crippen molar-refractivity contribution in [1.82, 2.24) is 10.2 Å². The molecule has 3 atom stereocenters. The van der Waals surface area contributed by atoms with Crippen molar-refractivity contribution in [2.75, 3.05) is 11.9 Å². The van der Waals surface area contributed by atoms with Crippen molar-refractivity contribution in [3.8, 4) is 6.07 Å². The van der Waals surface area contributed by atoms with Crippen LogP contribution in [0.4, 0.5) is 14.5 Å². The van der Waals surface area contributed by atoms with Gasteiger partial charge >= 0.3 is 11.8 Å². The fourth-order valence-corrected chi connectivity index (χ4v) is 4.42. The number of benzene rings is 1. The number of nitrogens with one attached hydrogen (secondary N) is 2. The SMILES string of the molecule is N#C[C@@H]1C[C@@]2(CN1C(=O)C(=O)N[C@H]1CCC(F)(F)C1)C(=O)Nc1ccccc12. The molecule has 1 saturated heterocycles. The first-order chi connectivity index (χ1) is 13.3. The summed E-state index contributed by atoms with van der Waals surface area (Å²) in [6, 6.07) is 7.27. The summed E-state index contributed by atoms with van der Waals surface area (Å²) in [4.78, 5) is 38.7. The highest BCUT2D eigenvalue weighted by atomic mass is 19.3. The lowest BCUT2D eigenvalue weighted by Gasteiger charge is -2.23. The lowest BCUT2D eigenvalue weighted by Crippen LogP contribution is -2.48. The molecule has 0 bridgehead atoms. The third kappa shape index (κ3) is 2.80. The third-order valence-electron chi connectivity index (χ3n) is 5.83. The highest BCUT2D eigenvalue weighted by Crippen LogP contribution is 2.46. The zero-order valence-electron chi connectivity index (χ0n) is 14.9. The molecule has 146 valence electrons. The first kappa shape index (κ1) is 18.3. The van der Waals surface area contributed by atoms with Crippen LogP contribution in [0.25, 0.3) is 0 Å². The van der Waals surface area contributed by atoms with Crippen LogP contribution in [0.3, 0.4) is 0 Å². The molecule has 3 aliphatic rings. The summed E-state index contributed by atoms with van der Waals surface area (Å²) in [6.07, 6.45) is -0.676. The molecule has 1 aromatic carbocycles. The summed E-state index contributed by atoms with van der Waals surface area (Å²) in [7, 11) is 0. The van der Waals surface area contributed by atoms with Crippen LogP contribution in [0, 0.1) is 11.3 Å². The van der Waals surface area contributed by atoms with Crippen molar-refractivity contribution >= 4 is 23.4 Å². The standard InChI is InChI=1S/C19H18F2N4O3/c20-19(21)6-5-11(7-19)23-15(26)16(27)25-10-18(8-12(25)9-22)13-3-1-2-4-14(13)24-17(18)28/h1-4,11-12H,5-8,10H2,(H,23,26)(H,24,28)/t11-,12-,18-/m0/s1. The number of halogens is 2. The summed E-state index contributed by atoms with van der Waals surface area (Å²) in [6.45, 7) is -0.110. The van der Waals surface area contributed by atoms with E-state index in [-0.39, 0.29) is 31.7 Å². The number of carbonyl (C=O) groups is 3. The maximum atomic E-state index is 13.3. The molecule has 1 saturated carbocycles. The number of nitrogens with zero attached hydrogens (tertiary/aromatic N) is 2. The van der Waals surface area contributed by atoms with Crippen LogP contribution in [-0.2, 0) is 19.8 Å². The molecule has 0 aromatic heterocycles. The van der Waals surface area contributed by atoms with Gasteiger partial charge in [-0.1, -0.05) is 18.2 Å². The number of para-hydroxylation sites is 1. The minimum Gasteiger partial charge on any atom is -0.345 e. The number of nitriles is 1. The van der Waals surface area contributed by atoms with Gasteiger partial charge in [-0.25, -0.2) is 8.78 Å². The zero-order valence-corrected chi connectivity index (χ0v) is 14.9. The van der Waals surface area contributed by atoms with Crippen LogP contribution in [-0.4, -0.2) is 47.2 Å². The van der Waals surface area contributed by atoms with Crippen molar-refractivity contribution in [3.05, 3.63) is 29.8 Å². The lowest BCUT2D eigenvalue weighted by atomic mass is 9.80. The molecule has 2 aliphatic heterocycles. The van der Waals surface area contributed by atoms with Crippen LogP contribution in [0.15, 0.2) is 24.3 Å². The highest BCUT2D eigenvalue weighted by Gasteiger charge is 2.56. The quantitative estimate of drug-likeness (QED) is 0.708. The largest absolute Gasteiger partial charge is 0.345 e. The molecule has 0 radical (unpaired) electrons. The summed E-state index contributed by atoms with van der Waals surface area (Å²) >= 11 is 0. The molecule has 4 rings (SSSR count). The summed E-state index contributed by atoms with van der Waals surface area (Å²) in [5, 5.41) is 14.6. The van der Waals surface area contributed by atoms with Crippen LogP contribution in [0.2, 0.25) is 0 Å². The number of amides is 3. The Hall–Kier alpha value is -3.02. The monoisotopic (exact) mass is 388 g/mol. The Morgan fingerprint density at radius 1 is 1.29 bits per heavy atom. The van der Waals surface area contributed by atoms with Crippen molar-refractivity contribution in [2.45, 2.75) is 49.1 Å². The van der Waals surface area contributed by atoms with E-state index in [1.807, 2.05) is 6.07 Å². The van der Waals surface area contributed by atoms with E-state index in [4.69, 9.17) is 0 Å². The third-order valence-corrected chi connectivity index (χ3v) is 5.83. The second-order valence-electron chi connectivity index (χ2n) is 7.63. The molecule has 1 aliphatic carbocycles. The number of rotatable bonds is 1. The van der Waals surface area contributed by atoms with E-state index in [9.17, 15) is 28.4 Å². The van der Waals surface area contributed by atoms with Gasteiger partial charge < -0.3 is 15.5 Å². The van der Waals surface area contributed by atoms with Gasteiger partial charge in [-0.2, -0.15) is 5.26 Å². The Morgan fingerprint density at radius 3 is 2.71 bits per heavy atom. The van der Waals surface area contributed by atoms with Gasteiger partial charge in [0.2, 0.25) is 11.8 Å².